The highest BCUT2D eigenvalue weighted by atomic mass is 32.2. The first kappa shape index (κ1) is 23.9. The molecule has 2 unspecified atom stereocenters. The van der Waals surface area contributed by atoms with Crippen LogP contribution in [0.3, 0.4) is 0 Å². The Bertz CT molecular complexity index is 733. The highest BCUT2D eigenvalue weighted by Gasteiger charge is 2.44. The lowest BCUT2D eigenvalue weighted by Gasteiger charge is -2.13. The number of unbranched alkanes of at least 4 members (excludes halogenated alkanes) is 7. The molecule has 0 aliphatic carbocycles. The van der Waals surface area contributed by atoms with Gasteiger partial charge in [-0.05, 0) is 12.8 Å². The summed E-state index contributed by atoms with van der Waals surface area (Å²) >= 11 is -2.48. The molecule has 1 N–H and O–H groups in total. The monoisotopic (exact) mass is 442 g/mol. The molecule has 0 saturated carbocycles. The minimum absolute atomic E-state index is 0.0515. The summed E-state index contributed by atoms with van der Waals surface area (Å²) in [6, 6.07) is 0. The van der Waals surface area contributed by atoms with Gasteiger partial charge in [-0.2, -0.15) is 0 Å². The van der Waals surface area contributed by atoms with E-state index in [2.05, 4.69) is 0 Å². The second-order valence-electron chi connectivity index (χ2n) is 7.20. The fourth-order valence-electron chi connectivity index (χ4n) is 3.23. The van der Waals surface area contributed by atoms with Crippen molar-refractivity contribution >= 4 is 40.7 Å². The molecule has 0 aromatic rings. The van der Waals surface area contributed by atoms with Crippen molar-refractivity contribution in [2.45, 2.75) is 69.5 Å². The number of rotatable bonds is 13. The molecule has 0 aromatic heterocycles. The average Bonchev–Trinajstić information content (AvgIpc) is 3.16. The molecule has 0 bridgehead atoms. The standard InChI is InChI=1S/C19H26N2O8S/c22-15-10-11-16(23)20(15)12-8-6-4-2-1-3-5-7-9-18(25)29-21-17(24)13-14(19(21)26)30(27)28/h10-11,14H,1-9,12-13H2,(H,27,28). The maximum absolute atomic E-state index is 11.8. The van der Waals surface area contributed by atoms with Gasteiger partial charge in [0.05, 0.1) is 6.42 Å². The first-order valence-electron chi connectivity index (χ1n) is 10.0. The predicted molar refractivity (Wildman–Crippen MR) is 105 cm³/mol. The maximum atomic E-state index is 11.8. The molecule has 1 fully saturated rings. The van der Waals surface area contributed by atoms with E-state index in [1.165, 1.54) is 17.1 Å². The zero-order valence-electron chi connectivity index (χ0n) is 16.6. The summed E-state index contributed by atoms with van der Waals surface area (Å²) in [5.74, 6) is -2.98. The van der Waals surface area contributed by atoms with Gasteiger partial charge in [-0.3, -0.25) is 24.1 Å². The lowest BCUT2D eigenvalue weighted by atomic mass is 10.1. The summed E-state index contributed by atoms with van der Waals surface area (Å²) in [6.07, 6.45) is 9.16. The lowest BCUT2D eigenvalue weighted by Crippen LogP contribution is -2.35. The molecule has 4 amide bonds. The zero-order chi connectivity index (χ0) is 22.1. The van der Waals surface area contributed by atoms with Crippen molar-refractivity contribution < 1.29 is 37.6 Å². The number of carbonyl (C=O) groups is 5. The van der Waals surface area contributed by atoms with Crippen LogP contribution in [0.1, 0.15) is 64.2 Å². The van der Waals surface area contributed by atoms with Gasteiger partial charge in [0.1, 0.15) is 0 Å². The van der Waals surface area contributed by atoms with Gasteiger partial charge in [0.2, 0.25) is 0 Å². The highest BCUT2D eigenvalue weighted by Crippen LogP contribution is 2.18. The van der Waals surface area contributed by atoms with Crippen LogP contribution in [0.5, 0.6) is 0 Å². The van der Waals surface area contributed by atoms with Crippen LogP contribution in [-0.4, -0.2) is 60.1 Å². The summed E-state index contributed by atoms with van der Waals surface area (Å²) < 4.78 is 19.9. The Hall–Kier alpha value is -2.40. The van der Waals surface area contributed by atoms with Crippen molar-refractivity contribution in [1.82, 2.24) is 9.96 Å². The summed E-state index contributed by atoms with van der Waals surface area (Å²) in [6.45, 7) is 0.448. The number of hydrogen-bond donors (Lipinski definition) is 1. The molecule has 166 valence electrons. The molecule has 2 atom stereocenters. The van der Waals surface area contributed by atoms with Crippen LogP contribution in [0.4, 0.5) is 0 Å². The summed E-state index contributed by atoms with van der Waals surface area (Å²) in [5, 5.41) is -1.08. The Labute approximate surface area is 176 Å². The number of hydrogen-bond acceptors (Lipinski definition) is 7. The minimum atomic E-state index is -2.48. The molecule has 2 heterocycles. The number of hydroxylamine groups is 2. The van der Waals surface area contributed by atoms with E-state index in [1.807, 2.05) is 0 Å². The predicted octanol–water partition coefficient (Wildman–Crippen LogP) is 1.23. The third-order valence-corrected chi connectivity index (χ3v) is 5.77. The minimum Gasteiger partial charge on any atom is -0.330 e. The maximum Gasteiger partial charge on any atom is 0.333 e. The van der Waals surface area contributed by atoms with Gasteiger partial charge in [0.15, 0.2) is 16.3 Å². The number of amides is 4. The van der Waals surface area contributed by atoms with E-state index in [0.29, 0.717) is 18.0 Å². The van der Waals surface area contributed by atoms with E-state index in [1.54, 1.807) is 0 Å². The normalized spacial score (nSPS) is 19.8. The number of imide groups is 2. The molecule has 2 aliphatic heterocycles. The average molecular weight is 442 g/mol. The fraction of sp³-hybridized carbons (Fsp3) is 0.632. The van der Waals surface area contributed by atoms with Gasteiger partial charge in [-0.15, -0.1) is 5.06 Å². The van der Waals surface area contributed by atoms with Gasteiger partial charge < -0.3 is 9.39 Å². The third-order valence-electron chi connectivity index (χ3n) is 4.91. The Morgan fingerprint density at radius 2 is 1.50 bits per heavy atom. The SMILES string of the molecule is O=C(CCCCCCCCCCN1C(=O)C=CC1=O)ON1C(=O)CC(S(=O)O)C1=O. The molecular formula is C19H26N2O8S. The zero-order valence-corrected chi connectivity index (χ0v) is 17.4. The van der Waals surface area contributed by atoms with Crippen molar-refractivity contribution in [2.75, 3.05) is 6.54 Å². The van der Waals surface area contributed by atoms with E-state index >= 15 is 0 Å². The molecule has 2 aliphatic rings. The number of nitrogens with zero attached hydrogens (tertiary/aromatic N) is 2. The van der Waals surface area contributed by atoms with Crippen molar-refractivity contribution in [1.29, 1.82) is 0 Å². The van der Waals surface area contributed by atoms with Crippen LogP contribution in [0, 0.1) is 0 Å². The van der Waals surface area contributed by atoms with Crippen molar-refractivity contribution in [3.05, 3.63) is 12.2 Å². The smallest absolute Gasteiger partial charge is 0.330 e. The Morgan fingerprint density at radius 3 is 2.03 bits per heavy atom. The first-order valence-corrected chi connectivity index (χ1v) is 11.2. The van der Waals surface area contributed by atoms with E-state index in [4.69, 9.17) is 9.39 Å². The van der Waals surface area contributed by atoms with Gasteiger partial charge in [-0.25, -0.2) is 9.00 Å². The van der Waals surface area contributed by atoms with Crippen molar-refractivity contribution in [2.24, 2.45) is 0 Å². The largest absolute Gasteiger partial charge is 0.333 e. The molecule has 1 saturated heterocycles. The molecule has 0 spiro atoms. The third kappa shape index (κ3) is 6.84. The molecular weight excluding hydrogens is 416 g/mol. The molecule has 0 aromatic carbocycles. The summed E-state index contributed by atoms with van der Waals surface area (Å²) in [5.41, 5.74) is 0. The molecule has 30 heavy (non-hydrogen) atoms. The second kappa shape index (κ2) is 11.7. The van der Waals surface area contributed by atoms with Gasteiger partial charge in [-0.1, -0.05) is 38.5 Å². The highest BCUT2D eigenvalue weighted by molar-refractivity contribution is 7.80. The van der Waals surface area contributed by atoms with Crippen molar-refractivity contribution in [3.63, 3.8) is 0 Å². The molecule has 0 radical (unpaired) electrons. The molecule has 11 heteroatoms. The quantitative estimate of drug-likeness (QED) is 0.255. The topological polar surface area (TPSA) is 138 Å². The Morgan fingerprint density at radius 1 is 0.967 bits per heavy atom. The molecule has 2 rings (SSSR count). The lowest BCUT2D eigenvalue weighted by molar-refractivity contribution is -0.197. The van der Waals surface area contributed by atoms with Crippen LogP contribution in [0.2, 0.25) is 0 Å². The second-order valence-corrected chi connectivity index (χ2v) is 8.32. The van der Waals surface area contributed by atoms with Crippen LogP contribution in [0.15, 0.2) is 12.2 Å². The Balaban J connectivity index is 1.46. The summed E-state index contributed by atoms with van der Waals surface area (Å²) in [4.78, 5) is 63.9. The molecule has 10 nitrogen and oxygen atoms in total. The fourth-order valence-corrected chi connectivity index (χ4v) is 3.79. The van der Waals surface area contributed by atoms with Gasteiger partial charge in [0.25, 0.3) is 23.6 Å². The van der Waals surface area contributed by atoms with E-state index < -0.39 is 40.5 Å². The van der Waals surface area contributed by atoms with Gasteiger partial charge >= 0.3 is 5.97 Å². The van der Waals surface area contributed by atoms with E-state index in [9.17, 15) is 28.2 Å². The van der Waals surface area contributed by atoms with E-state index in [0.717, 1.165) is 44.9 Å². The van der Waals surface area contributed by atoms with Crippen LogP contribution < -0.4 is 0 Å². The van der Waals surface area contributed by atoms with Crippen LogP contribution in [-0.2, 0) is 39.9 Å². The van der Waals surface area contributed by atoms with E-state index in [-0.39, 0.29) is 18.2 Å². The van der Waals surface area contributed by atoms with Gasteiger partial charge in [0, 0.05) is 25.1 Å². The Kier molecular flexibility index (Phi) is 9.31. The van der Waals surface area contributed by atoms with Crippen molar-refractivity contribution in [3.8, 4) is 0 Å². The van der Waals surface area contributed by atoms with Crippen LogP contribution in [0.25, 0.3) is 0 Å². The summed E-state index contributed by atoms with van der Waals surface area (Å²) in [7, 11) is 0. The first-order chi connectivity index (χ1) is 14.3. The number of carbonyl (C=O) groups excluding carboxylic acids is 5. The van der Waals surface area contributed by atoms with Crippen LogP contribution >= 0.6 is 0 Å².